The number of rotatable bonds is 1. The van der Waals surface area contributed by atoms with Crippen molar-refractivity contribution in [3.63, 3.8) is 0 Å². The molecule has 0 saturated heterocycles. The van der Waals surface area contributed by atoms with E-state index in [1.165, 1.54) is 0 Å². The van der Waals surface area contributed by atoms with Crippen LogP contribution in [0.3, 0.4) is 0 Å². The number of fused-ring (bicyclic) bond motifs is 2. The number of aromatic nitrogens is 1. The van der Waals surface area contributed by atoms with Crippen LogP contribution in [-0.4, -0.2) is 36.4 Å². The number of hydrogen-bond donors (Lipinski definition) is 0. The van der Waals surface area contributed by atoms with E-state index in [-0.39, 0.29) is 5.75 Å². The molecule has 0 spiro atoms. The molecule has 0 saturated carbocycles. The summed E-state index contributed by atoms with van der Waals surface area (Å²) in [7, 11) is -3.38. The van der Waals surface area contributed by atoms with Crippen molar-refractivity contribution in [1.29, 1.82) is 0 Å². The second-order valence-corrected chi connectivity index (χ2v) is 6.98. The summed E-state index contributed by atoms with van der Waals surface area (Å²) < 4.78 is 27.6. The van der Waals surface area contributed by atoms with Gasteiger partial charge in [-0.05, 0) is 35.9 Å². The molecule has 4 rings (SSSR count). The normalized spacial score (nSPS) is 19.5. The van der Waals surface area contributed by atoms with Gasteiger partial charge in [0.15, 0.2) is 5.84 Å². The number of nitrogens with zero attached hydrogens (tertiary/aromatic N) is 3. The Morgan fingerprint density at radius 2 is 2.09 bits per heavy atom. The van der Waals surface area contributed by atoms with Gasteiger partial charge >= 0.3 is 0 Å². The van der Waals surface area contributed by atoms with Crippen LogP contribution >= 0.6 is 0 Å². The summed E-state index contributed by atoms with van der Waals surface area (Å²) in [5, 5.41) is 1.02. The van der Waals surface area contributed by atoms with Crippen molar-refractivity contribution in [2.24, 2.45) is 4.40 Å². The summed E-state index contributed by atoms with van der Waals surface area (Å²) in [4.78, 5) is 6.18. The summed E-state index contributed by atoms with van der Waals surface area (Å²) in [6, 6.07) is 9.77. The Kier molecular flexibility index (Phi) is 2.87. The van der Waals surface area contributed by atoms with Crippen molar-refractivity contribution >= 4 is 32.3 Å². The summed E-state index contributed by atoms with van der Waals surface area (Å²) in [5.41, 5.74) is 2.66. The van der Waals surface area contributed by atoms with E-state index in [9.17, 15) is 8.42 Å². The Hall–Kier alpha value is -2.47. The number of allylic oxidation sites excluding steroid dienone is 2. The third-order valence-corrected chi connectivity index (χ3v) is 4.92. The van der Waals surface area contributed by atoms with Crippen LogP contribution in [-0.2, 0) is 10.0 Å². The number of sulfonamides is 1. The largest absolute Gasteiger partial charge is 0.331 e. The average Bonchev–Trinajstić information content (AvgIpc) is 2.53. The first kappa shape index (κ1) is 13.2. The predicted molar refractivity (Wildman–Crippen MR) is 86.8 cm³/mol. The van der Waals surface area contributed by atoms with Crippen molar-refractivity contribution in [2.75, 3.05) is 12.3 Å². The highest BCUT2D eigenvalue weighted by atomic mass is 32.2. The lowest BCUT2D eigenvalue weighted by Crippen LogP contribution is -2.37. The molecule has 0 N–H and O–H groups in total. The molecule has 2 aromatic rings. The predicted octanol–water partition coefficient (Wildman–Crippen LogP) is 2.19. The van der Waals surface area contributed by atoms with Gasteiger partial charge in [-0.15, -0.1) is 4.40 Å². The zero-order valence-electron chi connectivity index (χ0n) is 11.7. The summed E-state index contributed by atoms with van der Waals surface area (Å²) in [5.74, 6) is 0.549. The van der Waals surface area contributed by atoms with Gasteiger partial charge in [-0.1, -0.05) is 12.1 Å². The average molecular weight is 311 g/mol. The molecule has 110 valence electrons. The van der Waals surface area contributed by atoms with E-state index in [0.29, 0.717) is 12.4 Å². The molecule has 0 amide bonds. The standard InChI is InChI=1S/C16H13N3O2S/c20-22(21)10-9-19-8-2-4-14(16(19)18-22)12-5-6-15-13(11-12)3-1-7-17-15/h1-8,11H,9-10H2. The van der Waals surface area contributed by atoms with Crippen molar-refractivity contribution in [3.05, 3.63) is 60.4 Å². The van der Waals surface area contributed by atoms with E-state index in [0.717, 1.165) is 22.0 Å². The zero-order valence-corrected chi connectivity index (χ0v) is 12.5. The third-order valence-electron chi connectivity index (χ3n) is 3.77. The van der Waals surface area contributed by atoms with E-state index in [1.54, 1.807) is 6.20 Å². The molecular weight excluding hydrogens is 298 g/mol. The highest BCUT2D eigenvalue weighted by Crippen LogP contribution is 2.27. The van der Waals surface area contributed by atoms with Crippen LogP contribution in [0.4, 0.5) is 0 Å². The molecule has 1 aromatic heterocycles. The van der Waals surface area contributed by atoms with Crippen LogP contribution in [0.5, 0.6) is 0 Å². The first-order valence-corrected chi connectivity index (χ1v) is 8.57. The van der Waals surface area contributed by atoms with Crippen LogP contribution in [0.15, 0.2) is 59.3 Å². The topological polar surface area (TPSA) is 62.6 Å². The van der Waals surface area contributed by atoms with Crippen LogP contribution < -0.4 is 0 Å². The van der Waals surface area contributed by atoms with Crippen molar-refractivity contribution in [2.45, 2.75) is 0 Å². The lowest BCUT2D eigenvalue weighted by molar-refractivity contribution is 0.550. The van der Waals surface area contributed by atoms with E-state index in [2.05, 4.69) is 9.38 Å². The highest BCUT2D eigenvalue weighted by molar-refractivity contribution is 7.90. The number of hydrogen-bond acceptors (Lipinski definition) is 4. The second-order valence-electron chi connectivity index (χ2n) is 5.23. The SMILES string of the molecule is O=S1(=O)CCN2C=CC=C(c3ccc4ncccc4c3)C2=N1. The third kappa shape index (κ3) is 2.21. The molecule has 0 atom stereocenters. The number of amidine groups is 1. The molecule has 1 aromatic carbocycles. The van der Waals surface area contributed by atoms with Crippen LogP contribution in [0, 0.1) is 0 Å². The van der Waals surface area contributed by atoms with Gasteiger partial charge in [0.05, 0.1) is 11.3 Å². The molecule has 2 aliphatic heterocycles. The minimum Gasteiger partial charge on any atom is -0.331 e. The number of benzene rings is 1. The Bertz CT molecular complexity index is 958. The zero-order chi connectivity index (χ0) is 15.2. The summed E-state index contributed by atoms with van der Waals surface area (Å²) in [6.07, 6.45) is 7.43. The molecule has 3 heterocycles. The van der Waals surface area contributed by atoms with E-state index >= 15 is 0 Å². The summed E-state index contributed by atoms with van der Waals surface area (Å²) in [6.45, 7) is 0.435. The van der Waals surface area contributed by atoms with E-state index < -0.39 is 10.0 Å². The van der Waals surface area contributed by atoms with Crippen molar-refractivity contribution in [1.82, 2.24) is 9.88 Å². The Balaban J connectivity index is 1.87. The molecule has 0 unspecified atom stereocenters. The highest BCUT2D eigenvalue weighted by Gasteiger charge is 2.27. The van der Waals surface area contributed by atoms with Gasteiger partial charge in [0.2, 0.25) is 0 Å². The monoisotopic (exact) mass is 311 g/mol. The Morgan fingerprint density at radius 1 is 1.18 bits per heavy atom. The molecule has 0 bridgehead atoms. The minimum atomic E-state index is -3.38. The van der Waals surface area contributed by atoms with Gasteiger partial charge < -0.3 is 4.90 Å². The molecule has 2 aliphatic rings. The first-order valence-electron chi connectivity index (χ1n) is 6.96. The smallest absolute Gasteiger partial charge is 0.256 e. The van der Waals surface area contributed by atoms with E-state index in [1.807, 2.05) is 53.6 Å². The maximum absolute atomic E-state index is 11.8. The van der Waals surface area contributed by atoms with Gasteiger partial charge in [0.1, 0.15) is 0 Å². The maximum Gasteiger partial charge on any atom is 0.256 e. The molecule has 6 heteroatoms. The fourth-order valence-corrected chi connectivity index (χ4v) is 3.67. The molecule has 0 radical (unpaired) electrons. The number of pyridine rings is 1. The molecular formula is C16H13N3O2S. The minimum absolute atomic E-state index is 0.0513. The van der Waals surface area contributed by atoms with Gasteiger partial charge in [0.25, 0.3) is 10.0 Å². The van der Waals surface area contributed by atoms with E-state index in [4.69, 9.17) is 0 Å². The molecule has 0 aliphatic carbocycles. The van der Waals surface area contributed by atoms with Crippen molar-refractivity contribution in [3.8, 4) is 0 Å². The molecule has 0 fully saturated rings. The van der Waals surface area contributed by atoms with Gasteiger partial charge in [-0.2, -0.15) is 0 Å². The molecule has 22 heavy (non-hydrogen) atoms. The van der Waals surface area contributed by atoms with Crippen LogP contribution in [0.1, 0.15) is 5.56 Å². The second kappa shape index (κ2) is 4.78. The lowest BCUT2D eigenvalue weighted by Gasteiger charge is -2.29. The fourth-order valence-electron chi connectivity index (χ4n) is 2.68. The Labute approximate surface area is 128 Å². The lowest BCUT2D eigenvalue weighted by atomic mass is 10.00. The van der Waals surface area contributed by atoms with Gasteiger partial charge in [-0.3, -0.25) is 4.98 Å². The maximum atomic E-state index is 11.8. The Morgan fingerprint density at radius 3 is 3.00 bits per heavy atom. The summed E-state index contributed by atoms with van der Waals surface area (Å²) >= 11 is 0. The van der Waals surface area contributed by atoms with Gasteiger partial charge in [-0.25, -0.2) is 8.42 Å². The van der Waals surface area contributed by atoms with Crippen LogP contribution in [0.25, 0.3) is 16.5 Å². The van der Waals surface area contributed by atoms with Crippen LogP contribution in [0.2, 0.25) is 0 Å². The first-order chi connectivity index (χ1) is 10.6. The quantitative estimate of drug-likeness (QED) is 0.810. The van der Waals surface area contributed by atoms with Crippen molar-refractivity contribution < 1.29 is 8.42 Å². The fraction of sp³-hybridized carbons (Fsp3) is 0.125. The molecule has 5 nitrogen and oxygen atoms in total. The van der Waals surface area contributed by atoms with Gasteiger partial charge in [0, 0.05) is 29.9 Å².